The lowest BCUT2D eigenvalue weighted by Gasteiger charge is -2.24. The number of nitrogens with one attached hydrogen (secondary N) is 1. The number of anilines is 1. The van der Waals surface area contributed by atoms with Gasteiger partial charge in [0.05, 0.1) is 0 Å². The fraction of sp³-hybridized carbons (Fsp3) is 0.400. The maximum atomic E-state index is 8.31. The van der Waals surface area contributed by atoms with Crippen LogP contribution < -0.4 is 5.32 Å². The number of aryl methyl sites for hydroxylation is 1. The standard InChI is InChI=1S/C10H12N4/c1-7-2-3-8-6-9(13-14-11)4-5-10(8)12-7/h4-7,12H,2-3H2,1H3. The van der Waals surface area contributed by atoms with E-state index in [2.05, 4.69) is 22.3 Å². The molecule has 0 fully saturated rings. The van der Waals surface area contributed by atoms with Gasteiger partial charge in [-0.05, 0) is 43.0 Å². The second-order valence-electron chi connectivity index (χ2n) is 3.61. The monoisotopic (exact) mass is 188 g/mol. The Bertz CT molecular complexity index is 393. The number of fused-ring (bicyclic) bond motifs is 1. The fourth-order valence-corrected chi connectivity index (χ4v) is 1.75. The van der Waals surface area contributed by atoms with Gasteiger partial charge in [0, 0.05) is 22.3 Å². The van der Waals surface area contributed by atoms with Crippen molar-refractivity contribution in [1.82, 2.24) is 0 Å². The van der Waals surface area contributed by atoms with Crippen LogP contribution >= 0.6 is 0 Å². The number of azide groups is 1. The summed E-state index contributed by atoms with van der Waals surface area (Å²) < 4.78 is 0. The molecule has 0 saturated heterocycles. The first-order valence-electron chi connectivity index (χ1n) is 4.74. The average molecular weight is 188 g/mol. The zero-order valence-corrected chi connectivity index (χ0v) is 8.07. The summed E-state index contributed by atoms with van der Waals surface area (Å²) in [7, 11) is 0. The molecule has 1 heterocycles. The molecule has 1 aromatic carbocycles. The van der Waals surface area contributed by atoms with Crippen molar-refractivity contribution in [1.29, 1.82) is 0 Å². The molecule has 0 saturated carbocycles. The fourth-order valence-electron chi connectivity index (χ4n) is 1.75. The van der Waals surface area contributed by atoms with E-state index in [1.165, 1.54) is 11.3 Å². The molecule has 0 aliphatic carbocycles. The first-order chi connectivity index (χ1) is 6.79. The molecular formula is C10H12N4. The minimum atomic E-state index is 0.535. The summed E-state index contributed by atoms with van der Waals surface area (Å²) in [5, 5.41) is 6.98. The van der Waals surface area contributed by atoms with Crippen molar-refractivity contribution in [2.75, 3.05) is 5.32 Å². The predicted molar refractivity (Wildman–Crippen MR) is 56.7 cm³/mol. The van der Waals surface area contributed by atoms with Gasteiger partial charge in [-0.3, -0.25) is 0 Å². The molecule has 0 bridgehead atoms. The van der Waals surface area contributed by atoms with Crippen LogP contribution in [0.15, 0.2) is 23.3 Å². The largest absolute Gasteiger partial charge is 0.382 e. The van der Waals surface area contributed by atoms with Crippen LogP contribution in [0, 0.1) is 0 Å². The summed E-state index contributed by atoms with van der Waals surface area (Å²) in [6, 6.07) is 6.31. The highest BCUT2D eigenvalue weighted by molar-refractivity contribution is 5.59. The van der Waals surface area contributed by atoms with E-state index in [1.54, 1.807) is 0 Å². The predicted octanol–water partition coefficient (Wildman–Crippen LogP) is 3.38. The molecule has 0 radical (unpaired) electrons. The maximum absolute atomic E-state index is 8.31. The van der Waals surface area contributed by atoms with Gasteiger partial charge in [0.25, 0.3) is 0 Å². The molecule has 4 heteroatoms. The number of hydrogen-bond donors (Lipinski definition) is 1. The van der Waals surface area contributed by atoms with E-state index in [-0.39, 0.29) is 0 Å². The molecule has 1 unspecified atom stereocenters. The van der Waals surface area contributed by atoms with Crippen LogP contribution in [0.5, 0.6) is 0 Å². The Kier molecular flexibility index (Phi) is 2.29. The van der Waals surface area contributed by atoms with Crippen LogP contribution in [0.2, 0.25) is 0 Å². The zero-order valence-electron chi connectivity index (χ0n) is 8.07. The van der Waals surface area contributed by atoms with Crippen molar-refractivity contribution in [2.24, 2.45) is 5.11 Å². The third kappa shape index (κ3) is 1.65. The van der Waals surface area contributed by atoms with Gasteiger partial charge < -0.3 is 5.32 Å². The van der Waals surface area contributed by atoms with E-state index < -0.39 is 0 Å². The Balaban J connectivity index is 2.35. The summed E-state index contributed by atoms with van der Waals surface area (Å²) in [5.74, 6) is 0. The quantitative estimate of drug-likeness (QED) is 0.410. The Morgan fingerprint density at radius 2 is 2.43 bits per heavy atom. The topological polar surface area (TPSA) is 60.8 Å². The average Bonchev–Trinajstić information content (AvgIpc) is 2.19. The molecule has 0 amide bonds. The summed E-state index contributed by atoms with van der Waals surface area (Å²) in [5.41, 5.74) is 11.4. The number of benzene rings is 1. The van der Waals surface area contributed by atoms with Crippen molar-refractivity contribution in [2.45, 2.75) is 25.8 Å². The van der Waals surface area contributed by atoms with Crippen LogP contribution in [0.25, 0.3) is 10.4 Å². The van der Waals surface area contributed by atoms with Crippen LogP contribution in [0.3, 0.4) is 0 Å². The highest BCUT2D eigenvalue weighted by Gasteiger charge is 2.13. The van der Waals surface area contributed by atoms with Crippen molar-refractivity contribution < 1.29 is 0 Å². The van der Waals surface area contributed by atoms with Gasteiger partial charge in [0.15, 0.2) is 0 Å². The van der Waals surface area contributed by atoms with Gasteiger partial charge in [-0.2, -0.15) is 0 Å². The zero-order chi connectivity index (χ0) is 9.97. The lowest BCUT2D eigenvalue weighted by Crippen LogP contribution is -2.21. The van der Waals surface area contributed by atoms with Gasteiger partial charge in [-0.1, -0.05) is 11.2 Å². The van der Waals surface area contributed by atoms with Gasteiger partial charge in [0.1, 0.15) is 0 Å². The van der Waals surface area contributed by atoms with Gasteiger partial charge >= 0.3 is 0 Å². The third-order valence-corrected chi connectivity index (χ3v) is 2.50. The molecule has 1 aromatic rings. The number of hydrogen-bond acceptors (Lipinski definition) is 2. The normalized spacial score (nSPS) is 19.1. The molecule has 1 aliphatic heterocycles. The summed E-state index contributed by atoms with van der Waals surface area (Å²) in [6.45, 7) is 2.17. The second kappa shape index (κ2) is 3.60. The van der Waals surface area contributed by atoms with Gasteiger partial charge in [-0.25, -0.2) is 0 Å². The molecule has 1 aliphatic rings. The van der Waals surface area contributed by atoms with E-state index in [4.69, 9.17) is 5.53 Å². The maximum Gasteiger partial charge on any atom is 0.0379 e. The SMILES string of the molecule is CC1CCc2cc(N=[N+]=[N-])ccc2N1. The van der Waals surface area contributed by atoms with E-state index in [0.717, 1.165) is 12.8 Å². The van der Waals surface area contributed by atoms with Crippen LogP contribution in [0.4, 0.5) is 11.4 Å². The van der Waals surface area contributed by atoms with Crippen LogP contribution in [0.1, 0.15) is 18.9 Å². The Morgan fingerprint density at radius 3 is 3.21 bits per heavy atom. The molecule has 0 aromatic heterocycles. The Morgan fingerprint density at radius 1 is 1.57 bits per heavy atom. The van der Waals surface area contributed by atoms with Crippen molar-refractivity contribution >= 4 is 11.4 Å². The minimum absolute atomic E-state index is 0.535. The summed E-state index contributed by atoms with van der Waals surface area (Å²) >= 11 is 0. The molecule has 0 spiro atoms. The van der Waals surface area contributed by atoms with Crippen LogP contribution in [-0.2, 0) is 6.42 Å². The van der Waals surface area contributed by atoms with E-state index >= 15 is 0 Å². The lowest BCUT2D eigenvalue weighted by molar-refractivity contribution is 0.681. The number of nitrogens with zero attached hydrogens (tertiary/aromatic N) is 3. The van der Waals surface area contributed by atoms with E-state index in [0.29, 0.717) is 11.7 Å². The lowest BCUT2D eigenvalue weighted by atomic mass is 9.99. The third-order valence-electron chi connectivity index (χ3n) is 2.50. The van der Waals surface area contributed by atoms with E-state index in [9.17, 15) is 0 Å². The first-order valence-corrected chi connectivity index (χ1v) is 4.74. The smallest absolute Gasteiger partial charge is 0.0379 e. The molecular weight excluding hydrogens is 176 g/mol. The van der Waals surface area contributed by atoms with Gasteiger partial charge in [0.2, 0.25) is 0 Å². The molecule has 72 valence electrons. The molecule has 4 nitrogen and oxygen atoms in total. The van der Waals surface area contributed by atoms with Gasteiger partial charge in [-0.15, -0.1) is 0 Å². The van der Waals surface area contributed by atoms with E-state index in [1.807, 2.05) is 18.2 Å². The minimum Gasteiger partial charge on any atom is -0.382 e. The highest BCUT2D eigenvalue weighted by Crippen LogP contribution is 2.28. The van der Waals surface area contributed by atoms with Crippen LogP contribution in [-0.4, -0.2) is 6.04 Å². The van der Waals surface area contributed by atoms with Crippen molar-refractivity contribution in [3.63, 3.8) is 0 Å². The molecule has 1 atom stereocenters. The highest BCUT2D eigenvalue weighted by atomic mass is 15.1. The molecule has 14 heavy (non-hydrogen) atoms. The van der Waals surface area contributed by atoms with Crippen molar-refractivity contribution in [3.8, 4) is 0 Å². The number of rotatable bonds is 1. The first kappa shape index (κ1) is 8.91. The van der Waals surface area contributed by atoms with Crippen molar-refractivity contribution in [3.05, 3.63) is 34.2 Å². The molecule has 2 rings (SSSR count). The summed E-state index contributed by atoms with van der Waals surface area (Å²) in [4.78, 5) is 2.77. The Labute approximate surface area is 82.6 Å². The molecule has 1 N–H and O–H groups in total. The second-order valence-corrected chi connectivity index (χ2v) is 3.61. The summed E-state index contributed by atoms with van der Waals surface area (Å²) in [6.07, 6.45) is 2.19. The Hall–Kier alpha value is -1.67.